The maximum atomic E-state index is 12.2. The Balaban J connectivity index is 2.94. The molecule has 0 amide bonds. The lowest BCUT2D eigenvalue weighted by Crippen LogP contribution is -2.21. The maximum Gasteiger partial charge on any atom is 0.0583 e. The van der Waals surface area contributed by atoms with E-state index in [1.807, 2.05) is 52.0 Å². The monoisotopic (exact) mass is 236 g/mol. The van der Waals surface area contributed by atoms with Gasteiger partial charge in [0.1, 0.15) is 0 Å². The lowest BCUT2D eigenvalue weighted by atomic mass is 10.1. The van der Waals surface area contributed by atoms with Crippen molar-refractivity contribution in [3.05, 3.63) is 42.0 Å². The number of hydrogen-bond donors (Lipinski definition) is 0. The van der Waals surface area contributed by atoms with Crippen LogP contribution in [0.1, 0.15) is 33.3 Å². The SMILES string of the molecule is C/C=C/Cc1cccc(S(=O)C(C)(C)C)c1. The van der Waals surface area contributed by atoms with Crippen molar-refractivity contribution in [1.29, 1.82) is 0 Å². The van der Waals surface area contributed by atoms with E-state index in [9.17, 15) is 4.21 Å². The molecule has 0 aliphatic rings. The Labute approximate surface area is 101 Å². The predicted molar refractivity (Wildman–Crippen MR) is 71.1 cm³/mol. The second kappa shape index (κ2) is 5.44. The highest BCUT2D eigenvalue weighted by Crippen LogP contribution is 2.21. The number of rotatable bonds is 3. The van der Waals surface area contributed by atoms with Crippen molar-refractivity contribution in [2.24, 2.45) is 0 Å². The van der Waals surface area contributed by atoms with E-state index < -0.39 is 10.8 Å². The van der Waals surface area contributed by atoms with Crippen molar-refractivity contribution in [2.45, 2.75) is 43.8 Å². The summed E-state index contributed by atoms with van der Waals surface area (Å²) in [7, 11) is -0.941. The molecule has 1 rings (SSSR count). The molecule has 0 aliphatic heterocycles. The van der Waals surface area contributed by atoms with Gasteiger partial charge in [0.05, 0.1) is 10.8 Å². The Bertz CT molecular complexity index is 399. The van der Waals surface area contributed by atoms with Crippen molar-refractivity contribution < 1.29 is 4.21 Å². The van der Waals surface area contributed by atoms with Crippen LogP contribution in [0.25, 0.3) is 0 Å². The molecular weight excluding hydrogens is 216 g/mol. The highest BCUT2D eigenvalue weighted by molar-refractivity contribution is 7.86. The summed E-state index contributed by atoms with van der Waals surface area (Å²) in [6.07, 6.45) is 5.05. The Morgan fingerprint density at radius 3 is 2.56 bits per heavy atom. The normalized spacial score (nSPS) is 14.2. The maximum absolute atomic E-state index is 12.2. The Morgan fingerprint density at radius 2 is 2.00 bits per heavy atom. The summed E-state index contributed by atoms with van der Waals surface area (Å²) in [6.45, 7) is 8.02. The van der Waals surface area contributed by atoms with Gasteiger partial charge in [0.15, 0.2) is 0 Å². The molecule has 0 fully saturated rings. The zero-order valence-electron chi connectivity index (χ0n) is 10.5. The van der Waals surface area contributed by atoms with E-state index in [1.165, 1.54) is 5.56 Å². The largest absolute Gasteiger partial charge is 0.254 e. The zero-order valence-corrected chi connectivity index (χ0v) is 11.3. The van der Waals surface area contributed by atoms with Gasteiger partial charge in [-0.2, -0.15) is 0 Å². The standard InChI is InChI=1S/C14H20OS/c1-5-6-8-12-9-7-10-13(11-12)16(15)14(2,3)4/h5-7,9-11H,8H2,1-4H3/b6-5+. The van der Waals surface area contributed by atoms with Gasteiger partial charge >= 0.3 is 0 Å². The van der Waals surface area contributed by atoms with E-state index in [2.05, 4.69) is 12.1 Å². The molecule has 0 radical (unpaired) electrons. The van der Waals surface area contributed by atoms with Crippen LogP contribution < -0.4 is 0 Å². The first-order valence-electron chi connectivity index (χ1n) is 5.57. The Kier molecular flexibility index (Phi) is 4.48. The summed E-state index contributed by atoms with van der Waals surface area (Å²) in [5.41, 5.74) is 1.22. The molecule has 0 N–H and O–H groups in total. The minimum absolute atomic E-state index is 0.195. The van der Waals surface area contributed by atoms with Crippen LogP contribution in [0, 0.1) is 0 Å². The van der Waals surface area contributed by atoms with Crippen LogP contribution in [0.15, 0.2) is 41.3 Å². The fourth-order valence-corrected chi connectivity index (χ4v) is 2.56. The topological polar surface area (TPSA) is 17.1 Å². The molecule has 0 saturated carbocycles. The molecule has 1 unspecified atom stereocenters. The minimum atomic E-state index is -0.941. The fraction of sp³-hybridized carbons (Fsp3) is 0.429. The summed E-state index contributed by atoms with van der Waals surface area (Å²) >= 11 is 0. The van der Waals surface area contributed by atoms with E-state index in [1.54, 1.807) is 0 Å². The van der Waals surface area contributed by atoms with Crippen molar-refractivity contribution in [1.82, 2.24) is 0 Å². The molecule has 88 valence electrons. The second-order valence-corrected chi connectivity index (χ2v) is 7.04. The van der Waals surface area contributed by atoms with Crippen molar-refractivity contribution >= 4 is 10.8 Å². The van der Waals surface area contributed by atoms with Gasteiger partial charge in [-0.1, -0.05) is 24.3 Å². The molecule has 16 heavy (non-hydrogen) atoms. The summed E-state index contributed by atoms with van der Waals surface area (Å²) in [5, 5.41) is 0. The van der Waals surface area contributed by atoms with Gasteiger partial charge < -0.3 is 0 Å². The first-order chi connectivity index (χ1) is 7.45. The molecule has 0 spiro atoms. The first kappa shape index (κ1) is 13.2. The van der Waals surface area contributed by atoms with E-state index in [-0.39, 0.29) is 4.75 Å². The van der Waals surface area contributed by atoms with Crippen molar-refractivity contribution in [3.63, 3.8) is 0 Å². The van der Waals surface area contributed by atoms with E-state index in [0.29, 0.717) is 0 Å². The molecule has 0 bridgehead atoms. The fourth-order valence-electron chi connectivity index (χ4n) is 1.40. The first-order valence-corrected chi connectivity index (χ1v) is 6.72. The molecule has 0 heterocycles. The number of hydrogen-bond acceptors (Lipinski definition) is 1. The molecule has 1 nitrogen and oxygen atoms in total. The van der Waals surface area contributed by atoms with Crippen LogP contribution >= 0.6 is 0 Å². The number of benzene rings is 1. The smallest absolute Gasteiger partial charge is 0.0583 e. The molecule has 1 atom stereocenters. The van der Waals surface area contributed by atoms with Gasteiger partial charge in [-0.25, -0.2) is 0 Å². The second-order valence-electron chi connectivity index (χ2n) is 4.80. The highest BCUT2D eigenvalue weighted by atomic mass is 32.2. The van der Waals surface area contributed by atoms with Crippen LogP contribution in [0.5, 0.6) is 0 Å². The molecule has 0 saturated heterocycles. The molecule has 1 aromatic carbocycles. The summed E-state index contributed by atoms with van der Waals surface area (Å²) < 4.78 is 12.0. The van der Waals surface area contributed by atoms with Gasteiger partial charge in [0.25, 0.3) is 0 Å². The van der Waals surface area contributed by atoms with Crippen LogP contribution in [0.4, 0.5) is 0 Å². The van der Waals surface area contributed by atoms with Gasteiger partial charge in [-0.3, -0.25) is 4.21 Å². The van der Waals surface area contributed by atoms with Gasteiger partial charge in [-0.05, 0) is 51.8 Å². The Morgan fingerprint density at radius 1 is 1.31 bits per heavy atom. The number of allylic oxidation sites excluding steroid dienone is 2. The third-order valence-electron chi connectivity index (χ3n) is 2.26. The molecule has 0 aliphatic carbocycles. The Hall–Kier alpha value is -0.890. The quantitative estimate of drug-likeness (QED) is 0.731. The zero-order chi connectivity index (χ0) is 12.2. The third-order valence-corrected chi connectivity index (χ3v) is 4.05. The predicted octanol–water partition coefficient (Wildman–Crippen LogP) is 3.71. The average Bonchev–Trinajstić information content (AvgIpc) is 2.24. The lowest BCUT2D eigenvalue weighted by Gasteiger charge is -2.18. The highest BCUT2D eigenvalue weighted by Gasteiger charge is 2.20. The molecule has 1 aromatic rings. The van der Waals surface area contributed by atoms with Gasteiger partial charge in [0.2, 0.25) is 0 Å². The molecule has 2 heteroatoms. The molecule has 0 aromatic heterocycles. The van der Waals surface area contributed by atoms with E-state index in [0.717, 1.165) is 11.3 Å². The molecular formula is C14H20OS. The van der Waals surface area contributed by atoms with Gasteiger partial charge in [-0.15, -0.1) is 0 Å². The van der Waals surface area contributed by atoms with Gasteiger partial charge in [0, 0.05) is 9.64 Å². The summed E-state index contributed by atoms with van der Waals surface area (Å²) in [4.78, 5) is 0.925. The van der Waals surface area contributed by atoms with Crippen LogP contribution in [-0.2, 0) is 17.2 Å². The van der Waals surface area contributed by atoms with Crippen molar-refractivity contribution in [2.75, 3.05) is 0 Å². The average molecular weight is 236 g/mol. The summed E-state index contributed by atoms with van der Waals surface area (Å²) in [5.74, 6) is 0. The lowest BCUT2D eigenvalue weighted by molar-refractivity contribution is 0.649. The van der Waals surface area contributed by atoms with E-state index >= 15 is 0 Å². The van der Waals surface area contributed by atoms with Crippen LogP contribution in [-0.4, -0.2) is 8.96 Å². The van der Waals surface area contributed by atoms with Crippen LogP contribution in [0.3, 0.4) is 0 Å². The third kappa shape index (κ3) is 3.60. The summed E-state index contributed by atoms with van der Waals surface area (Å²) in [6, 6.07) is 8.04. The van der Waals surface area contributed by atoms with Crippen LogP contribution in [0.2, 0.25) is 0 Å². The van der Waals surface area contributed by atoms with E-state index in [4.69, 9.17) is 0 Å². The minimum Gasteiger partial charge on any atom is -0.254 e. The van der Waals surface area contributed by atoms with Crippen molar-refractivity contribution in [3.8, 4) is 0 Å².